The Labute approximate surface area is 149 Å². The molecular weight excluding hydrogens is 337 g/mol. The maximum atomic E-state index is 13.3. The fraction of sp³-hybridized carbons (Fsp3) is 0.111. The second-order valence-corrected chi connectivity index (χ2v) is 5.45. The lowest BCUT2D eigenvalue weighted by atomic mass is 10.3. The molecule has 0 saturated heterocycles. The smallest absolute Gasteiger partial charge is 0.389 e. The van der Waals surface area contributed by atoms with Crippen molar-refractivity contribution in [3.8, 4) is 5.88 Å². The quantitative estimate of drug-likeness (QED) is 0.737. The highest BCUT2D eigenvalue weighted by Gasteiger charge is 2.13. The molecule has 0 atom stereocenters. The number of aryl methyl sites for hydroxylation is 2. The summed E-state index contributed by atoms with van der Waals surface area (Å²) in [6, 6.07) is 9.70. The standard InChI is InChI=1S/C18H16FN5O2/c1-11-5-7-15(23-13-4-3-9-20-10-13)17(21-11)26-18(25)24-16-8-6-14(19)12(2)22-16/h3-10,23H,1-2H3,(H,22,24,25). The maximum absolute atomic E-state index is 13.3. The number of hydrogen-bond donors (Lipinski definition) is 2. The first-order chi connectivity index (χ1) is 12.5. The average molecular weight is 353 g/mol. The van der Waals surface area contributed by atoms with Crippen molar-refractivity contribution in [3.63, 3.8) is 0 Å². The van der Waals surface area contributed by atoms with E-state index in [1.165, 1.54) is 19.1 Å². The third kappa shape index (κ3) is 4.29. The van der Waals surface area contributed by atoms with Crippen LogP contribution in [0.15, 0.2) is 48.8 Å². The Balaban J connectivity index is 1.76. The molecule has 7 nitrogen and oxygen atoms in total. The summed E-state index contributed by atoms with van der Waals surface area (Å²) in [5, 5.41) is 5.54. The third-order valence-electron chi connectivity index (χ3n) is 3.38. The van der Waals surface area contributed by atoms with E-state index < -0.39 is 11.9 Å². The first-order valence-electron chi connectivity index (χ1n) is 7.78. The van der Waals surface area contributed by atoms with Crippen LogP contribution in [0.25, 0.3) is 0 Å². The first kappa shape index (κ1) is 17.3. The number of ether oxygens (including phenoxy) is 1. The summed E-state index contributed by atoms with van der Waals surface area (Å²) in [5.74, 6) is -0.166. The fourth-order valence-electron chi connectivity index (χ4n) is 2.13. The van der Waals surface area contributed by atoms with Crippen LogP contribution < -0.4 is 15.4 Å². The zero-order valence-corrected chi connectivity index (χ0v) is 14.2. The molecule has 2 N–H and O–H groups in total. The normalized spacial score (nSPS) is 10.3. The molecule has 0 bridgehead atoms. The molecule has 8 heteroatoms. The largest absolute Gasteiger partial charge is 0.419 e. The summed E-state index contributed by atoms with van der Waals surface area (Å²) in [6.07, 6.45) is 2.51. The monoisotopic (exact) mass is 353 g/mol. The number of rotatable bonds is 4. The van der Waals surface area contributed by atoms with Gasteiger partial charge in [0.15, 0.2) is 0 Å². The second kappa shape index (κ2) is 7.56. The number of hydrogen-bond acceptors (Lipinski definition) is 6. The Kier molecular flexibility index (Phi) is 5.02. The van der Waals surface area contributed by atoms with Gasteiger partial charge in [0.25, 0.3) is 0 Å². The molecule has 3 aromatic rings. The van der Waals surface area contributed by atoms with Crippen LogP contribution in [-0.2, 0) is 0 Å². The number of carbonyl (C=O) groups excluding carboxylic acids is 1. The van der Waals surface area contributed by atoms with E-state index >= 15 is 0 Å². The average Bonchev–Trinajstić information content (AvgIpc) is 2.61. The van der Waals surface area contributed by atoms with Crippen LogP contribution in [0.2, 0.25) is 0 Å². The van der Waals surface area contributed by atoms with E-state index in [4.69, 9.17) is 4.74 Å². The fourth-order valence-corrected chi connectivity index (χ4v) is 2.13. The van der Waals surface area contributed by atoms with Gasteiger partial charge < -0.3 is 10.1 Å². The van der Waals surface area contributed by atoms with E-state index in [1.54, 1.807) is 37.5 Å². The van der Waals surface area contributed by atoms with E-state index in [2.05, 4.69) is 25.6 Å². The highest BCUT2D eigenvalue weighted by Crippen LogP contribution is 2.26. The molecule has 132 valence electrons. The molecule has 0 aliphatic carbocycles. The molecule has 3 rings (SSSR count). The van der Waals surface area contributed by atoms with Crippen LogP contribution in [-0.4, -0.2) is 21.0 Å². The molecule has 0 unspecified atom stereocenters. The molecule has 0 aliphatic heterocycles. The SMILES string of the molecule is Cc1ccc(Nc2cccnc2)c(OC(=O)Nc2ccc(F)c(C)n2)n1. The molecular formula is C18H16FN5O2. The lowest BCUT2D eigenvalue weighted by molar-refractivity contribution is 0.213. The predicted molar refractivity (Wildman–Crippen MR) is 95.1 cm³/mol. The molecule has 0 radical (unpaired) electrons. The summed E-state index contributed by atoms with van der Waals surface area (Å²) in [6.45, 7) is 3.29. The minimum Gasteiger partial charge on any atom is -0.389 e. The highest BCUT2D eigenvalue weighted by atomic mass is 19.1. The maximum Gasteiger partial charge on any atom is 0.419 e. The van der Waals surface area contributed by atoms with Gasteiger partial charge in [0, 0.05) is 11.9 Å². The van der Waals surface area contributed by atoms with Gasteiger partial charge in [-0.05, 0) is 50.2 Å². The van der Waals surface area contributed by atoms with E-state index in [9.17, 15) is 9.18 Å². The number of amides is 1. The molecule has 1 amide bonds. The summed E-state index contributed by atoms with van der Waals surface area (Å²) < 4.78 is 18.6. The predicted octanol–water partition coefficient (Wildman–Crippen LogP) is 3.98. The van der Waals surface area contributed by atoms with Crippen molar-refractivity contribution in [3.05, 3.63) is 66.0 Å². The van der Waals surface area contributed by atoms with Gasteiger partial charge in [-0.15, -0.1) is 0 Å². The molecule has 26 heavy (non-hydrogen) atoms. The van der Waals surface area contributed by atoms with Crippen LogP contribution >= 0.6 is 0 Å². The van der Waals surface area contributed by atoms with Crippen LogP contribution in [0.4, 0.5) is 26.4 Å². The van der Waals surface area contributed by atoms with Gasteiger partial charge >= 0.3 is 6.09 Å². The number of anilines is 3. The van der Waals surface area contributed by atoms with Crippen LogP contribution in [0.5, 0.6) is 5.88 Å². The lowest BCUT2D eigenvalue weighted by Gasteiger charge is -2.12. The van der Waals surface area contributed by atoms with Crippen molar-refractivity contribution in [2.75, 3.05) is 10.6 Å². The minimum atomic E-state index is -0.782. The van der Waals surface area contributed by atoms with Gasteiger partial charge in [0.05, 0.1) is 17.6 Å². The van der Waals surface area contributed by atoms with Crippen LogP contribution in [0.3, 0.4) is 0 Å². The minimum absolute atomic E-state index is 0.102. The Hall–Kier alpha value is -3.55. The van der Waals surface area contributed by atoms with E-state index in [0.29, 0.717) is 11.4 Å². The van der Waals surface area contributed by atoms with Gasteiger partial charge in [0.2, 0.25) is 5.88 Å². The van der Waals surface area contributed by atoms with Gasteiger partial charge in [0.1, 0.15) is 17.3 Å². The highest BCUT2D eigenvalue weighted by molar-refractivity contribution is 5.86. The van der Waals surface area contributed by atoms with Crippen molar-refractivity contribution in [2.45, 2.75) is 13.8 Å². The Bertz CT molecular complexity index is 934. The number of carbonyl (C=O) groups is 1. The number of halogens is 1. The molecule has 0 spiro atoms. The first-order valence-corrected chi connectivity index (χ1v) is 7.78. The number of aromatic nitrogens is 3. The Morgan fingerprint density at radius 2 is 1.96 bits per heavy atom. The zero-order valence-electron chi connectivity index (χ0n) is 14.2. The molecule has 0 fully saturated rings. The van der Waals surface area contributed by atoms with E-state index in [0.717, 1.165) is 5.69 Å². The van der Waals surface area contributed by atoms with E-state index in [-0.39, 0.29) is 17.4 Å². The van der Waals surface area contributed by atoms with Crippen molar-refractivity contribution in [1.29, 1.82) is 0 Å². The van der Waals surface area contributed by atoms with Gasteiger partial charge in [-0.3, -0.25) is 10.3 Å². The van der Waals surface area contributed by atoms with Gasteiger partial charge in [-0.1, -0.05) is 0 Å². The zero-order chi connectivity index (χ0) is 18.5. The second-order valence-electron chi connectivity index (χ2n) is 5.45. The van der Waals surface area contributed by atoms with Crippen molar-refractivity contribution in [1.82, 2.24) is 15.0 Å². The molecule has 3 aromatic heterocycles. The van der Waals surface area contributed by atoms with Crippen LogP contribution in [0, 0.1) is 19.7 Å². The summed E-state index contributed by atoms with van der Waals surface area (Å²) in [5.41, 5.74) is 2.08. The van der Waals surface area contributed by atoms with Crippen molar-refractivity contribution >= 4 is 23.3 Å². The Morgan fingerprint density at radius 1 is 1.12 bits per heavy atom. The molecule has 0 aromatic carbocycles. The number of nitrogens with one attached hydrogen (secondary N) is 2. The van der Waals surface area contributed by atoms with E-state index in [1.807, 2.05) is 6.07 Å². The Morgan fingerprint density at radius 3 is 2.69 bits per heavy atom. The lowest BCUT2D eigenvalue weighted by Crippen LogP contribution is -2.19. The van der Waals surface area contributed by atoms with Crippen molar-refractivity contribution in [2.24, 2.45) is 0 Å². The summed E-state index contributed by atoms with van der Waals surface area (Å²) >= 11 is 0. The van der Waals surface area contributed by atoms with Gasteiger partial charge in [-0.2, -0.15) is 0 Å². The topological polar surface area (TPSA) is 89.0 Å². The molecule has 0 saturated carbocycles. The molecule has 0 aliphatic rings. The summed E-state index contributed by atoms with van der Waals surface area (Å²) in [4.78, 5) is 24.3. The summed E-state index contributed by atoms with van der Waals surface area (Å²) in [7, 11) is 0. The molecule has 3 heterocycles. The van der Waals surface area contributed by atoms with Gasteiger partial charge in [-0.25, -0.2) is 19.2 Å². The van der Waals surface area contributed by atoms with Crippen LogP contribution in [0.1, 0.15) is 11.4 Å². The third-order valence-corrected chi connectivity index (χ3v) is 3.38. The van der Waals surface area contributed by atoms with Crippen molar-refractivity contribution < 1.29 is 13.9 Å². The number of nitrogens with zero attached hydrogens (tertiary/aromatic N) is 3. The number of pyridine rings is 3.